The first-order valence-corrected chi connectivity index (χ1v) is 5.35. The van der Waals surface area contributed by atoms with Gasteiger partial charge in [0.05, 0.1) is 6.54 Å². The third-order valence-corrected chi connectivity index (χ3v) is 2.53. The Morgan fingerprint density at radius 3 is 2.93 bits per heavy atom. The molecule has 0 atom stereocenters. The van der Waals surface area contributed by atoms with Gasteiger partial charge in [-0.1, -0.05) is 42.3 Å². The molecular formula is C11H13Cl2N. The zero-order valence-corrected chi connectivity index (χ0v) is 9.57. The summed E-state index contributed by atoms with van der Waals surface area (Å²) in [5.41, 5.74) is 3.75. The Kier molecular flexibility index (Phi) is 4.85. The fourth-order valence-electron chi connectivity index (χ4n) is 1.13. The van der Waals surface area contributed by atoms with Gasteiger partial charge in [0.25, 0.3) is 0 Å². The highest BCUT2D eigenvalue weighted by Crippen LogP contribution is 2.12. The average molecular weight is 230 g/mol. The van der Waals surface area contributed by atoms with Gasteiger partial charge in [-0.3, -0.25) is 0 Å². The maximum atomic E-state index is 5.76. The smallest absolute Gasteiger partial charge is 0.0516 e. The highest BCUT2D eigenvalue weighted by molar-refractivity contribution is 6.36. The zero-order chi connectivity index (χ0) is 10.4. The molecule has 0 unspecified atom stereocenters. The molecule has 14 heavy (non-hydrogen) atoms. The van der Waals surface area contributed by atoms with Crippen molar-refractivity contribution in [3.05, 3.63) is 40.4 Å². The van der Waals surface area contributed by atoms with Crippen LogP contribution in [-0.4, -0.2) is 6.54 Å². The predicted molar refractivity (Wildman–Crippen MR) is 64.1 cm³/mol. The van der Waals surface area contributed by atoms with Crippen molar-refractivity contribution in [1.82, 2.24) is 0 Å². The second kappa shape index (κ2) is 5.94. The van der Waals surface area contributed by atoms with Crippen LogP contribution in [-0.2, 0) is 6.42 Å². The van der Waals surface area contributed by atoms with Crippen molar-refractivity contribution in [2.45, 2.75) is 13.3 Å². The Morgan fingerprint density at radius 1 is 1.50 bits per heavy atom. The van der Waals surface area contributed by atoms with Gasteiger partial charge in [0.1, 0.15) is 0 Å². The second-order valence-corrected chi connectivity index (χ2v) is 3.67. The molecular weight excluding hydrogens is 217 g/mol. The normalized spacial score (nSPS) is 11.5. The van der Waals surface area contributed by atoms with Crippen molar-refractivity contribution in [2.24, 2.45) is 0 Å². The van der Waals surface area contributed by atoms with Gasteiger partial charge in [0.15, 0.2) is 0 Å². The fraction of sp³-hybridized carbons (Fsp3) is 0.273. The fourth-order valence-corrected chi connectivity index (χ4v) is 1.27. The van der Waals surface area contributed by atoms with Crippen molar-refractivity contribution in [1.29, 1.82) is 0 Å². The first-order valence-electron chi connectivity index (χ1n) is 4.54. The van der Waals surface area contributed by atoms with Crippen molar-refractivity contribution in [3.8, 4) is 0 Å². The molecule has 1 rings (SSSR count). The molecule has 0 saturated heterocycles. The molecule has 1 N–H and O–H groups in total. The summed E-state index contributed by atoms with van der Waals surface area (Å²) in [5.74, 6) is 0. The van der Waals surface area contributed by atoms with E-state index in [0.29, 0.717) is 11.6 Å². The second-order valence-electron chi connectivity index (χ2n) is 2.96. The SMILES string of the molecule is CCc1cccc(NCC(Cl)=CCl)c1. The summed E-state index contributed by atoms with van der Waals surface area (Å²) in [6.45, 7) is 2.70. The Morgan fingerprint density at radius 2 is 2.29 bits per heavy atom. The van der Waals surface area contributed by atoms with E-state index in [4.69, 9.17) is 23.2 Å². The maximum absolute atomic E-state index is 5.76. The zero-order valence-electron chi connectivity index (χ0n) is 8.06. The maximum Gasteiger partial charge on any atom is 0.0516 e. The summed E-state index contributed by atoms with van der Waals surface area (Å²) < 4.78 is 0. The molecule has 0 aliphatic heterocycles. The largest absolute Gasteiger partial charge is 0.380 e. The van der Waals surface area contributed by atoms with Gasteiger partial charge >= 0.3 is 0 Å². The Labute approximate surface area is 94.7 Å². The van der Waals surface area contributed by atoms with Crippen molar-refractivity contribution >= 4 is 28.9 Å². The van der Waals surface area contributed by atoms with Crippen LogP contribution in [0.5, 0.6) is 0 Å². The lowest BCUT2D eigenvalue weighted by Gasteiger charge is -2.06. The van der Waals surface area contributed by atoms with Gasteiger partial charge < -0.3 is 5.32 Å². The molecule has 0 radical (unpaired) electrons. The molecule has 1 nitrogen and oxygen atoms in total. The molecule has 0 fully saturated rings. The molecule has 0 saturated carbocycles. The van der Waals surface area contributed by atoms with Crippen LogP contribution in [0.2, 0.25) is 0 Å². The average Bonchev–Trinajstić information content (AvgIpc) is 2.26. The quantitative estimate of drug-likeness (QED) is 0.824. The number of aryl methyl sites for hydroxylation is 1. The summed E-state index contributed by atoms with van der Waals surface area (Å²) >= 11 is 11.2. The predicted octanol–water partition coefficient (Wildman–Crippen LogP) is 3.98. The van der Waals surface area contributed by atoms with Crippen LogP contribution in [0.1, 0.15) is 12.5 Å². The van der Waals surface area contributed by atoms with E-state index in [9.17, 15) is 0 Å². The number of rotatable bonds is 4. The van der Waals surface area contributed by atoms with Gasteiger partial charge in [-0.15, -0.1) is 0 Å². The molecule has 1 aromatic carbocycles. The van der Waals surface area contributed by atoms with E-state index in [1.54, 1.807) is 0 Å². The van der Waals surface area contributed by atoms with Crippen LogP contribution in [0, 0.1) is 0 Å². The molecule has 0 spiro atoms. The lowest BCUT2D eigenvalue weighted by Crippen LogP contribution is -2.01. The van der Waals surface area contributed by atoms with E-state index in [-0.39, 0.29) is 0 Å². The molecule has 0 heterocycles. The standard InChI is InChI=1S/C11H13Cl2N/c1-2-9-4-3-5-11(6-9)14-8-10(13)7-12/h3-7,14H,2,8H2,1H3. The highest BCUT2D eigenvalue weighted by atomic mass is 35.5. The minimum absolute atomic E-state index is 0.568. The first kappa shape index (κ1) is 11.4. The number of nitrogens with one attached hydrogen (secondary N) is 1. The van der Waals surface area contributed by atoms with E-state index in [0.717, 1.165) is 12.1 Å². The number of benzene rings is 1. The van der Waals surface area contributed by atoms with E-state index in [1.807, 2.05) is 12.1 Å². The van der Waals surface area contributed by atoms with Gasteiger partial charge in [-0.2, -0.15) is 0 Å². The molecule has 3 heteroatoms. The Hall–Kier alpha value is -0.660. The Balaban J connectivity index is 2.58. The van der Waals surface area contributed by atoms with E-state index >= 15 is 0 Å². The van der Waals surface area contributed by atoms with Crippen LogP contribution < -0.4 is 5.32 Å². The summed E-state index contributed by atoms with van der Waals surface area (Å²) in [7, 11) is 0. The number of halogens is 2. The minimum atomic E-state index is 0.568. The summed E-state index contributed by atoms with van der Waals surface area (Å²) in [6, 6.07) is 8.25. The van der Waals surface area contributed by atoms with Crippen LogP contribution in [0.3, 0.4) is 0 Å². The van der Waals surface area contributed by atoms with Crippen LogP contribution >= 0.6 is 23.2 Å². The van der Waals surface area contributed by atoms with E-state index in [2.05, 4.69) is 24.4 Å². The molecule has 0 aliphatic carbocycles. The minimum Gasteiger partial charge on any atom is -0.380 e. The third-order valence-electron chi connectivity index (χ3n) is 1.92. The van der Waals surface area contributed by atoms with Crippen molar-refractivity contribution < 1.29 is 0 Å². The van der Waals surface area contributed by atoms with Crippen molar-refractivity contribution in [2.75, 3.05) is 11.9 Å². The van der Waals surface area contributed by atoms with Crippen molar-refractivity contribution in [3.63, 3.8) is 0 Å². The molecule has 0 amide bonds. The van der Waals surface area contributed by atoms with Gasteiger partial charge in [0.2, 0.25) is 0 Å². The van der Waals surface area contributed by atoms with E-state index in [1.165, 1.54) is 11.1 Å². The molecule has 0 aliphatic rings. The van der Waals surface area contributed by atoms with Crippen LogP contribution in [0.25, 0.3) is 0 Å². The lowest BCUT2D eigenvalue weighted by molar-refractivity contribution is 1.14. The molecule has 0 bridgehead atoms. The molecule has 1 aromatic rings. The van der Waals surface area contributed by atoms with Gasteiger partial charge in [0, 0.05) is 16.3 Å². The van der Waals surface area contributed by atoms with Crippen LogP contribution in [0.15, 0.2) is 34.8 Å². The summed E-state index contributed by atoms with van der Waals surface area (Å²) in [5, 5.41) is 3.79. The summed E-state index contributed by atoms with van der Waals surface area (Å²) in [6.07, 6.45) is 1.04. The Bertz CT molecular complexity index is 321. The highest BCUT2D eigenvalue weighted by Gasteiger charge is 1.95. The first-order chi connectivity index (χ1) is 6.76. The number of anilines is 1. The van der Waals surface area contributed by atoms with E-state index < -0.39 is 0 Å². The van der Waals surface area contributed by atoms with Gasteiger partial charge in [-0.25, -0.2) is 0 Å². The number of hydrogen-bond acceptors (Lipinski definition) is 1. The monoisotopic (exact) mass is 229 g/mol. The molecule has 76 valence electrons. The third kappa shape index (κ3) is 3.60. The van der Waals surface area contributed by atoms with Crippen LogP contribution in [0.4, 0.5) is 5.69 Å². The topological polar surface area (TPSA) is 12.0 Å². The number of hydrogen-bond donors (Lipinski definition) is 1. The molecule has 0 aromatic heterocycles. The lowest BCUT2D eigenvalue weighted by atomic mass is 10.1. The van der Waals surface area contributed by atoms with Gasteiger partial charge in [-0.05, 0) is 24.1 Å². The summed E-state index contributed by atoms with van der Waals surface area (Å²) in [4.78, 5) is 0.